The van der Waals surface area contributed by atoms with Gasteiger partial charge in [-0.25, -0.2) is 13.1 Å². The topological polar surface area (TPSA) is 84.9 Å². The Morgan fingerprint density at radius 1 is 1.24 bits per heavy atom. The largest absolute Gasteiger partial charge is 0.486 e. The molecular weight excluding hydrogens is 294 g/mol. The Morgan fingerprint density at radius 2 is 1.90 bits per heavy atom. The highest BCUT2D eigenvalue weighted by Gasteiger charge is 2.23. The third-order valence-corrected chi connectivity index (χ3v) is 4.75. The second-order valence-electron chi connectivity index (χ2n) is 5.77. The van der Waals surface area contributed by atoms with Crippen LogP contribution >= 0.6 is 0 Å². The van der Waals surface area contributed by atoms with E-state index in [0.717, 1.165) is 0 Å². The number of ether oxygens (including phenoxy) is 2. The van der Waals surface area contributed by atoms with Crippen LogP contribution in [0, 0.1) is 5.41 Å². The fourth-order valence-corrected chi connectivity index (χ4v) is 3.21. The molecule has 21 heavy (non-hydrogen) atoms. The van der Waals surface area contributed by atoms with E-state index in [1.165, 1.54) is 12.1 Å². The number of hydrogen-bond donors (Lipinski definition) is 2. The first-order valence-corrected chi connectivity index (χ1v) is 8.33. The average Bonchev–Trinajstić information content (AvgIpc) is 2.45. The molecule has 0 amide bonds. The SMILES string of the molecule is CC(C)(CCO)CNS(=O)(=O)c1ccc2c(c1)OCCO2. The summed E-state index contributed by atoms with van der Waals surface area (Å²) in [5.74, 6) is 1.000. The Hall–Kier alpha value is -1.31. The maximum atomic E-state index is 12.3. The second kappa shape index (κ2) is 6.21. The Kier molecular flexibility index (Phi) is 4.75. The summed E-state index contributed by atoms with van der Waals surface area (Å²) in [6, 6.07) is 4.56. The predicted molar refractivity (Wildman–Crippen MR) is 78.1 cm³/mol. The molecular formula is C14H21NO5S. The molecule has 1 aromatic carbocycles. The number of hydrogen-bond acceptors (Lipinski definition) is 5. The maximum Gasteiger partial charge on any atom is 0.240 e. The average molecular weight is 315 g/mol. The third kappa shape index (κ3) is 4.09. The Balaban J connectivity index is 2.12. The Labute approximate surface area is 125 Å². The van der Waals surface area contributed by atoms with Crippen molar-refractivity contribution < 1.29 is 23.0 Å². The van der Waals surface area contributed by atoms with E-state index < -0.39 is 10.0 Å². The zero-order valence-corrected chi connectivity index (χ0v) is 13.1. The highest BCUT2D eigenvalue weighted by molar-refractivity contribution is 7.89. The normalized spacial score (nSPS) is 15.0. The van der Waals surface area contributed by atoms with Crippen LogP contribution in [0.4, 0.5) is 0 Å². The molecule has 118 valence electrons. The van der Waals surface area contributed by atoms with E-state index in [2.05, 4.69) is 4.72 Å². The lowest BCUT2D eigenvalue weighted by atomic mass is 9.90. The number of benzene rings is 1. The van der Waals surface area contributed by atoms with Crippen LogP contribution < -0.4 is 14.2 Å². The number of aliphatic hydroxyl groups excluding tert-OH is 1. The van der Waals surface area contributed by atoms with Crippen LogP contribution in [-0.4, -0.2) is 39.9 Å². The molecule has 1 aromatic rings. The number of fused-ring (bicyclic) bond motifs is 1. The van der Waals surface area contributed by atoms with Gasteiger partial charge in [0, 0.05) is 19.2 Å². The monoisotopic (exact) mass is 315 g/mol. The van der Waals surface area contributed by atoms with Crippen molar-refractivity contribution in [1.82, 2.24) is 4.72 Å². The zero-order valence-electron chi connectivity index (χ0n) is 12.3. The molecule has 0 bridgehead atoms. The van der Waals surface area contributed by atoms with E-state index >= 15 is 0 Å². The molecule has 0 radical (unpaired) electrons. The van der Waals surface area contributed by atoms with Crippen LogP contribution in [0.1, 0.15) is 20.3 Å². The second-order valence-corrected chi connectivity index (χ2v) is 7.53. The molecule has 7 heteroatoms. The number of nitrogens with one attached hydrogen (secondary N) is 1. The van der Waals surface area contributed by atoms with Crippen LogP contribution in [0.2, 0.25) is 0 Å². The lowest BCUT2D eigenvalue weighted by molar-refractivity contribution is 0.171. The van der Waals surface area contributed by atoms with Crippen LogP contribution in [-0.2, 0) is 10.0 Å². The summed E-state index contributed by atoms with van der Waals surface area (Å²) < 4.78 is 37.9. The molecule has 1 aliphatic rings. The first-order valence-electron chi connectivity index (χ1n) is 6.84. The van der Waals surface area contributed by atoms with Gasteiger partial charge in [-0.15, -0.1) is 0 Å². The lowest BCUT2D eigenvalue weighted by Crippen LogP contribution is -2.34. The Bertz CT molecular complexity index is 597. The minimum atomic E-state index is -3.61. The lowest BCUT2D eigenvalue weighted by Gasteiger charge is -2.24. The summed E-state index contributed by atoms with van der Waals surface area (Å²) in [6.45, 7) is 4.95. The van der Waals surface area contributed by atoms with Crippen molar-refractivity contribution in [3.8, 4) is 11.5 Å². The molecule has 0 unspecified atom stereocenters. The van der Waals surface area contributed by atoms with Crippen LogP contribution in [0.25, 0.3) is 0 Å². The van der Waals surface area contributed by atoms with Crippen molar-refractivity contribution >= 4 is 10.0 Å². The highest BCUT2D eigenvalue weighted by Crippen LogP contribution is 2.32. The standard InChI is InChI=1S/C14H21NO5S/c1-14(2,5-6-16)10-15-21(17,18)11-3-4-12-13(9-11)20-8-7-19-12/h3-4,9,15-16H,5-8,10H2,1-2H3. The summed E-state index contributed by atoms with van der Waals surface area (Å²) in [5, 5.41) is 8.97. The summed E-state index contributed by atoms with van der Waals surface area (Å²) in [5.41, 5.74) is -0.310. The molecule has 2 rings (SSSR count). The smallest absolute Gasteiger partial charge is 0.240 e. The zero-order chi connectivity index (χ0) is 15.5. The maximum absolute atomic E-state index is 12.3. The third-order valence-electron chi connectivity index (χ3n) is 3.35. The summed E-state index contributed by atoms with van der Waals surface area (Å²) in [7, 11) is -3.61. The van der Waals surface area contributed by atoms with Gasteiger partial charge < -0.3 is 14.6 Å². The van der Waals surface area contributed by atoms with Gasteiger partial charge >= 0.3 is 0 Å². The highest BCUT2D eigenvalue weighted by atomic mass is 32.2. The van der Waals surface area contributed by atoms with Crippen molar-refractivity contribution in [2.24, 2.45) is 5.41 Å². The van der Waals surface area contributed by atoms with E-state index in [0.29, 0.717) is 31.1 Å². The number of aliphatic hydroxyl groups is 1. The Morgan fingerprint density at radius 3 is 2.57 bits per heavy atom. The molecule has 1 heterocycles. The van der Waals surface area contributed by atoms with Gasteiger partial charge in [-0.05, 0) is 24.0 Å². The fourth-order valence-electron chi connectivity index (χ4n) is 1.96. The summed E-state index contributed by atoms with van der Waals surface area (Å²) >= 11 is 0. The minimum Gasteiger partial charge on any atom is -0.486 e. The van der Waals surface area contributed by atoms with Gasteiger partial charge in [0.15, 0.2) is 11.5 Å². The quantitative estimate of drug-likeness (QED) is 0.822. The summed E-state index contributed by atoms with van der Waals surface area (Å²) in [6.07, 6.45) is 0.524. The molecule has 0 aromatic heterocycles. The van der Waals surface area contributed by atoms with Gasteiger partial charge in [0.2, 0.25) is 10.0 Å². The van der Waals surface area contributed by atoms with E-state index in [1.54, 1.807) is 6.07 Å². The van der Waals surface area contributed by atoms with Gasteiger partial charge in [0.25, 0.3) is 0 Å². The number of rotatable bonds is 6. The fraction of sp³-hybridized carbons (Fsp3) is 0.571. The van der Waals surface area contributed by atoms with E-state index in [1.807, 2.05) is 13.8 Å². The van der Waals surface area contributed by atoms with Crippen molar-refractivity contribution in [3.63, 3.8) is 0 Å². The van der Waals surface area contributed by atoms with Crippen LogP contribution in [0.5, 0.6) is 11.5 Å². The van der Waals surface area contributed by atoms with Crippen molar-refractivity contribution in [2.75, 3.05) is 26.4 Å². The van der Waals surface area contributed by atoms with Crippen molar-refractivity contribution in [3.05, 3.63) is 18.2 Å². The minimum absolute atomic E-state index is 0.0265. The molecule has 0 saturated heterocycles. The first kappa shape index (κ1) is 16.1. The van der Waals surface area contributed by atoms with Gasteiger partial charge in [0.1, 0.15) is 13.2 Å². The first-order chi connectivity index (χ1) is 9.84. The van der Waals surface area contributed by atoms with Gasteiger partial charge in [-0.3, -0.25) is 0 Å². The van der Waals surface area contributed by atoms with E-state index in [4.69, 9.17) is 14.6 Å². The van der Waals surface area contributed by atoms with Crippen molar-refractivity contribution in [2.45, 2.75) is 25.2 Å². The molecule has 0 spiro atoms. The van der Waals surface area contributed by atoms with E-state index in [-0.39, 0.29) is 23.5 Å². The van der Waals surface area contributed by atoms with Crippen LogP contribution in [0.3, 0.4) is 0 Å². The van der Waals surface area contributed by atoms with E-state index in [9.17, 15) is 8.42 Å². The van der Waals surface area contributed by atoms with Crippen molar-refractivity contribution in [1.29, 1.82) is 0 Å². The molecule has 0 saturated carbocycles. The molecule has 0 atom stereocenters. The van der Waals surface area contributed by atoms with Crippen LogP contribution in [0.15, 0.2) is 23.1 Å². The molecule has 6 nitrogen and oxygen atoms in total. The molecule has 0 fully saturated rings. The molecule has 0 aliphatic carbocycles. The van der Waals surface area contributed by atoms with Gasteiger partial charge in [-0.2, -0.15) is 0 Å². The predicted octanol–water partition coefficient (Wildman–Crippen LogP) is 1.14. The summed E-state index contributed by atoms with van der Waals surface area (Å²) in [4.78, 5) is 0.145. The van der Waals surface area contributed by atoms with Gasteiger partial charge in [-0.1, -0.05) is 13.8 Å². The molecule has 1 aliphatic heterocycles. The van der Waals surface area contributed by atoms with Gasteiger partial charge in [0.05, 0.1) is 4.90 Å². The number of sulfonamides is 1. The molecule has 2 N–H and O–H groups in total.